The second-order valence-corrected chi connectivity index (χ2v) is 7.71. The van der Waals surface area contributed by atoms with E-state index in [1.54, 1.807) is 0 Å². The summed E-state index contributed by atoms with van der Waals surface area (Å²) < 4.78 is 0. The van der Waals surface area contributed by atoms with E-state index in [2.05, 4.69) is 12.2 Å². The van der Waals surface area contributed by atoms with E-state index in [4.69, 9.17) is 0 Å². The standard InChI is InChI=1S/C17H30N2O2/c1-5-13(12-9-7-6-8-10-12)19-11-14(20)18-15(16(19)21)17(2,3)4/h12-13,15H,5-11H2,1-4H3,(H,18,20). The molecule has 2 rings (SSSR count). The highest BCUT2D eigenvalue weighted by molar-refractivity contribution is 5.95. The summed E-state index contributed by atoms with van der Waals surface area (Å²) in [7, 11) is 0. The van der Waals surface area contributed by atoms with Gasteiger partial charge in [0.25, 0.3) is 0 Å². The van der Waals surface area contributed by atoms with Crippen LogP contribution in [0.4, 0.5) is 0 Å². The maximum atomic E-state index is 12.9. The maximum Gasteiger partial charge on any atom is 0.246 e. The predicted octanol–water partition coefficient (Wildman–Crippen LogP) is 2.72. The van der Waals surface area contributed by atoms with Gasteiger partial charge in [0.05, 0.1) is 6.54 Å². The SMILES string of the molecule is CCC(C1CCCCC1)N1CC(=O)NC(C(C)(C)C)C1=O. The van der Waals surface area contributed by atoms with Crippen LogP contribution in [0.5, 0.6) is 0 Å². The van der Waals surface area contributed by atoms with E-state index in [9.17, 15) is 9.59 Å². The van der Waals surface area contributed by atoms with Crippen molar-refractivity contribution in [1.82, 2.24) is 10.2 Å². The Morgan fingerprint density at radius 3 is 2.33 bits per heavy atom. The third kappa shape index (κ3) is 3.58. The van der Waals surface area contributed by atoms with Crippen LogP contribution in [-0.2, 0) is 9.59 Å². The van der Waals surface area contributed by atoms with Crippen molar-refractivity contribution in [3.63, 3.8) is 0 Å². The summed E-state index contributed by atoms with van der Waals surface area (Å²) in [5.41, 5.74) is -0.240. The molecular formula is C17H30N2O2. The summed E-state index contributed by atoms with van der Waals surface area (Å²) in [6.07, 6.45) is 7.18. The van der Waals surface area contributed by atoms with Crippen molar-refractivity contribution < 1.29 is 9.59 Å². The molecule has 1 heterocycles. The number of carbonyl (C=O) groups is 2. The molecule has 2 fully saturated rings. The van der Waals surface area contributed by atoms with E-state index >= 15 is 0 Å². The van der Waals surface area contributed by atoms with Crippen LogP contribution in [0.2, 0.25) is 0 Å². The zero-order valence-corrected chi connectivity index (χ0v) is 13.9. The Hall–Kier alpha value is -1.06. The Labute approximate surface area is 128 Å². The van der Waals surface area contributed by atoms with Gasteiger partial charge in [0.1, 0.15) is 6.04 Å². The van der Waals surface area contributed by atoms with Crippen LogP contribution >= 0.6 is 0 Å². The molecule has 0 aromatic carbocycles. The van der Waals surface area contributed by atoms with E-state index < -0.39 is 6.04 Å². The molecule has 2 unspecified atom stereocenters. The zero-order valence-electron chi connectivity index (χ0n) is 13.9. The number of hydrogen-bond acceptors (Lipinski definition) is 2. The van der Waals surface area contributed by atoms with Crippen molar-refractivity contribution in [2.75, 3.05) is 6.54 Å². The summed E-state index contributed by atoms with van der Waals surface area (Å²) in [5.74, 6) is 0.669. The van der Waals surface area contributed by atoms with E-state index in [0.717, 1.165) is 6.42 Å². The number of nitrogens with one attached hydrogen (secondary N) is 1. The molecule has 0 radical (unpaired) electrons. The van der Waals surface area contributed by atoms with Gasteiger partial charge in [-0.1, -0.05) is 47.0 Å². The molecule has 1 saturated carbocycles. The molecule has 1 aliphatic heterocycles. The fourth-order valence-corrected chi connectivity index (χ4v) is 3.86. The average molecular weight is 294 g/mol. The third-order valence-corrected chi connectivity index (χ3v) is 5.03. The first-order valence-electron chi connectivity index (χ1n) is 8.44. The summed E-state index contributed by atoms with van der Waals surface area (Å²) in [6.45, 7) is 8.42. The van der Waals surface area contributed by atoms with Gasteiger partial charge in [-0.15, -0.1) is 0 Å². The normalized spacial score (nSPS) is 26.7. The number of carbonyl (C=O) groups excluding carboxylic acids is 2. The van der Waals surface area contributed by atoms with Gasteiger partial charge in [0, 0.05) is 6.04 Å². The van der Waals surface area contributed by atoms with Gasteiger partial charge in [-0.05, 0) is 30.6 Å². The Morgan fingerprint density at radius 1 is 1.19 bits per heavy atom. The zero-order chi connectivity index (χ0) is 15.6. The van der Waals surface area contributed by atoms with Gasteiger partial charge in [0.15, 0.2) is 0 Å². The summed E-state index contributed by atoms with van der Waals surface area (Å²) in [4.78, 5) is 26.8. The molecule has 1 saturated heterocycles. The van der Waals surface area contributed by atoms with E-state index in [0.29, 0.717) is 5.92 Å². The van der Waals surface area contributed by atoms with Gasteiger partial charge in [-0.3, -0.25) is 9.59 Å². The molecule has 2 aliphatic rings. The van der Waals surface area contributed by atoms with Crippen molar-refractivity contribution in [3.05, 3.63) is 0 Å². The van der Waals surface area contributed by atoms with Gasteiger partial charge >= 0.3 is 0 Å². The summed E-state index contributed by atoms with van der Waals surface area (Å²) in [5, 5.41) is 2.89. The summed E-state index contributed by atoms with van der Waals surface area (Å²) in [6, 6.07) is -0.162. The molecule has 120 valence electrons. The number of nitrogens with zero attached hydrogens (tertiary/aromatic N) is 1. The van der Waals surface area contributed by atoms with Crippen LogP contribution < -0.4 is 5.32 Å². The van der Waals surface area contributed by atoms with E-state index in [-0.39, 0.29) is 29.8 Å². The highest BCUT2D eigenvalue weighted by Gasteiger charge is 2.43. The van der Waals surface area contributed by atoms with Gasteiger partial charge in [-0.2, -0.15) is 0 Å². The second kappa shape index (κ2) is 6.37. The van der Waals surface area contributed by atoms with Crippen molar-refractivity contribution >= 4 is 11.8 Å². The average Bonchev–Trinajstić information content (AvgIpc) is 2.43. The lowest BCUT2D eigenvalue weighted by Crippen LogP contribution is -2.65. The topological polar surface area (TPSA) is 49.4 Å². The number of amides is 2. The van der Waals surface area contributed by atoms with Gasteiger partial charge in [-0.25, -0.2) is 0 Å². The van der Waals surface area contributed by atoms with Crippen molar-refractivity contribution in [2.24, 2.45) is 11.3 Å². The largest absolute Gasteiger partial charge is 0.342 e. The molecule has 0 spiro atoms. The molecular weight excluding hydrogens is 264 g/mol. The predicted molar refractivity (Wildman–Crippen MR) is 83.8 cm³/mol. The number of piperazine rings is 1. The van der Waals surface area contributed by atoms with Crippen LogP contribution in [0.25, 0.3) is 0 Å². The molecule has 4 nitrogen and oxygen atoms in total. The van der Waals surface area contributed by atoms with Crippen LogP contribution in [0.3, 0.4) is 0 Å². The summed E-state index contributed by atoms with van der Waals surface area (Å²) >= 11 is 0. The molecule has 2 atom stereocenters. The molecule has 0 bridgehead atoms. The fraction of sp³-hybridized carbons (Fsp3) is 0.882. The van der Waals surface area contributed by atoms with Crippen LogP contribution in [0.15, 0.2) is 0 Å². The van der Waals surface area contributed by atoms with Crippen LogP contribution in [0, 0.1) is 11.3 Å². The highest BCUT2D eigenvalue weighted by atomic mass is 16.2. The molecule has 1 N–H and O–H groups in total. The lowest BCUT2D eigenvalue weighted by molar-refractivity contribution is -0.151. The first-order chi connectivity index (χ1) is 9.84. The molecule has 4 heteroatoms. The first kappa shape index (κ1) is 16.3. The smallest absolute Gasteiger partial charge is 0.246 e. The number of hydrogen-bond donors (Lipinski definition) is 1. The fourth-order valence-electron chi connectivity index (χ4n) is 3.86. The third-order valence-electron chi connectivity index (χ3n) is 5.03. The quantitative estimate of drug-likeness (QED) is 0.870. The molecule has 21 heavy (non-hydrogen) atoms. The monoisotopic (exact) mass is 294 g/mol. The second-order valence-electron chi connectivity index (χ2n) is 7.71. The van der Waals surface area contributed by atoms with E-state index in [1.807, 2.05) is 25.7 Å². The van der Waals surface area contributed by atoms with Crippen molar-refractivity contribution in [1.29, 1.82) is 0 Å². The minimum absolute atomic E-state index is 0.0104. The Bertz CT molecular complexity index is 394. The molecule has 2 amide bonds. The lowest BCUT2D eigenvalue weighted by Gasteiger charge is -2.45. The molecule has 1 aliphatic carbocycles. The Balaban J connectivity index is 2.18. The maximum absolute atomic E-state index is 12.9. The highest BCUT2D eigenvalue weighted by Crippen LogP contribution is 2.33. The van der Waals surface area contributed by atoms with Crippen molar-refractivity contribution in [3.8, 4) is 0 Å². The minimum Gasteiger partial charge on any atom is -0.342 e. The lowest BCUT2D eigenvalue weighted by atomic mass is 9.80. The van der Waals surface area contributed by atoms with Crippen molar-refractivity contribution in [2.45, 2.75) is 78.3 Å². The van der Waals surface area contributed by atoms with Gasteiger partial charge in [0.2, 0.25) is 11.8 Å². The molecule has 0 aromatic rings. The van der Waals surface area contributed by atoms with Crippen LogP contribution in [0.1, 0.15) is 66.2 Å². The molecule has 0 aromatic heterocycles. The van der Waals surface area contributed by atoms with Gasteiger partial charge < -0.3 is 10.2 Å². The minimum atomic E-state index is -0.392. The Morgan fingerprint density at radius 2 is 1.81 bits per heavy atom. The van der Waals surface area contributed by atoms with E-state index in [1.165, 1.54) is 32.1 Å². The number of rotatable bonds is 3. The first-order valence-corrected chi connectivity index (χ1v) is 8.44. The van der Waals surface area contributed by atoms with Crippen LogP contribution in [-0.4, -0.2) is 35.3 Å². The Kier molecular flexibility index (Phi) is 4.95.